The number of alkyl carbamates (subject to hydrolysis) is 2. The lowest BCUT2D eigenvalue weighted by Crippen LogP contribution is -2.29. The van der Waals surface area contributed by atoms with Crippen molar-refractivity contribution in [1.29, 1.82) is 0 Å². The van der Waals surface area contributed by atoms with Gasteiger partial charge in [-0.3, -0.25) is 0 Å². The number of nitrogens with one attached hydrogen (secondary N) is 2. The standard InChI is InChI=1S/C38H40N2O10/c1-25(2)35(41)47-19-17-39-37(43)49-23-21-45-31-15-13-27-9-5-7-11-29(27)33(31)34-30-12-8-6-10-28(30)14-16-32(34)46-22-24-50-38(44)40-18-20-48-36(42)26(3)4/h5-16H,1,3,17-24H2,2,4H3,(H,39,43)(H,40,44). The lowest BCUT2D eigenvalue weighted by atomic mass is 9.92. The summed E-state index contributed by atoms with van der Waals surface area (Å²) in [5.41, 5.74) is 2.10. The highest BCUT2D eigenvalue weighted by atomic mass is 16.6. The van der Waals surface area contributed by atoms with Gasteiger partial charge >= 0.3 is 24.1 Å². The molecule has 12 heteroatoms. The number of amides is 2. The van der Waals surface area contributed by atoms with Crippen molar-refractivity contribution < 1.29 is 47.6 Å². The second-order valence-electron chi connectivity index (χ2n) is 11.0. The zero-order valence-electron chi connectivity index (χ0n) is 28.1. The molecule has 0 aliphatic heterocycles. The molecule has 0 unspecified atom stereocenters. The molecule has 4 aromatic rings. The highest BCUT2D eigenvalue weighted by molar-refractivity contribution is 6.09. The molecule has 0 spiro atoms. The Morgan fingerprint density at radius 3 is 1.32 bits per heavy atom. The maximum atomic E-state index is 12.1. The van der Waals surface area contributed by atoms with Gasteiger partial charge in [0, 0.05) is 22.3 Å². The van der Waals surface area contributed by atoms with Gasteiger partial charge in [0.25, 0.3) is 0 Å². The Hall–Kier alpha value is -6.04. The Bertz CT molecular complexity index is 1730. The quantitative estimate of drug-likeness (QED) is 0.0578. The first kappa shape index (κ1) is 36.8. The van der Waals surface area contributed by atoms with Crippen molar-refractivity contribution in [2.45, 2.75) is 13.8 Å². The molecule has 0 radical (unpaired) electrons. The number of benzene rings is 4. The Kier molecular flexibility index (Phi) is 13.6. The van der Waals surface area contributed by atoms with E-state index in [1.165, 1.54) is 13.8 Å². The third-order valence-corrected chi connectivity index (χ3v) is 7.09. The van der Waals surface area contributed by atoms with Crippen molar-refractivity contribution in [3.8, 4) is 22.6 Å². The van der Waals surface area contributed by atoms with Crippen LogP contribution in [0.3, 0.4) is 0 Å². The number of ether oxygens (including phenoxy) is 6. The molecular weight excluding hydrogens is 644 g/mol. The average molecular weight is 685 g/mol. The van der Waals surface area contributed by atoms with Crippen LogP contribution in [0.25, 0.3) is 32.7 Å². The van der Waals surface area contributed by atoms with Crippen molar-refractivity contribution in [3.05, 3.63) is 97.1 Å². The molecule has 0 aliphatic rings. The maximum Gasteiger partial charge on any atom is 0.407 e. The summed E-state index contributed by atoms with van der Waals surface area (Å²) in [5, 5.41) is 8.82. The zero-order valence-corrected chi connectivity index (χ0v) is 28.1. The van der Waals surface area contributed by atoms with Crippen molar-refractivity contribution >= 4 is 45.7 Å². The van der Waals surface area contributed by atoms with E-state index in [0.29, 0.717) is 11.5 Å². The Balaban J connectivity index is 1.45. The fraction of sp³-hybridized carbons (Fsp3) is 0.263. The third kappa shape index (κ3) is 10.5. The first-order valence-electron chi connectivity index (χ1n) is 15.9. The molecule has 0 aromatic heterocycles. The summed E-state index contributed by atoms with van der Waals surface area (Å²) in [6.45, 7) is 10.3. The van der Waals surface area contributed by atoms with Gasteiger partial charge in [-0.15, -0.1) is 0 Å². The monoisotopic (exact) mass is 684 g/mol. The highest BCUT2D eigenvalue weighted by Gasteiger charge is 2.19. The van der Waals surface area contributed by atoms with Crippen LogP contribution in [0.15, 0.2) is 97.1 Å². The molecule has 4 rings (SSSR count). The van der Waals surface area contributed by atoms with Gasteiger partial charge in [-0.1, -0.05) is 73.8 Å². The minimum Gasteiger partial charge on any atom is -0.489 e. The van der Waals surface area contributed by atoms with Crippen LogP contribution < -0.4 is 20.1 Å². The fourth-order valence-corrected chi connectivity index (χ4v) is 4.77. The normalized spacial score (nSPS) is 10.5. The average Bonchev–Trinajstić information content (AvgIpc) is 3.11. The summed E-state index contributed by atoms with van der Waals surface area (Å²) < 4.78 is 32.8. The van der Waals surface area contributed by atoms with E-state index in [9.17, 15) is 19.2 Å². The summed E-state index contributed by atoms with van der Waals surface area (Å²) >= 11 is 0. The zero-order chi connectivity index (χ0) is 35.9. The molecule has 0 fully saturated rings. The van der Waals surface area contributed by atoms with Crippen LogP contribution in [-0.4, -0.2) is 76.9 Å². The van der Waals surface area contributed by atoms with Gasteiger partial charge in [0.15, 0.2) is 0 Å². The van der Waals surface area contributed by atoms with E-state index < -0.39 is 24.1 Å². The molecule has 0 bridgehead atoms. The van der Waals surface area contributed by atoms with Crippen LogP contribution in [0.2, 0.25) is 0 Å². The number of carbonyl (C=O) groups excluding carboxylic acids is 4. The van der Waals surface area contributed by atoms with Crippen LogP contribution in [-0.2, 0) is 28.5 Å². The predicted octanol–water partition coefficient (Wildman–Crippen LogP) is 6.11. The van der Waals surface area contributed by atoms with Gasteiger partial charge in [-0.05, 0) is 47.5 Å². The molecule has 2 amide bonds. The molecule has 0 saturated carbocycles. The maximum absolute atomic E-state index is 12.1. The Morgan fingerprint density at radius 2 is 0.920 bits per heavy atom. The van der Waals surface area contributed by atoms with Crippen molar-refractivity contribution in [2.24, 2.45) is 0 Å². The van der Waals surface area contributed by atoms with E-state index in [2.05, 4.69) is 23.8 Å². The van der Waals surface area contributed by atoms with Crippen LogP contribution in [0.1, 0.15) is 13.8 Å². The smallest absolute Gasteiger partial charge is 0.407 e. The van der Waals surface area contributed by atoms with Gasteiger partial charge in [0.1, 0.15) is 51.1 Å². The first-order chi connectivity index (χ1) is 24.2. The highest BCUT2D eigenvalue weighted by Crippen LogP contribution is 2.45. The molecule has 262 valence electrons. The lowest BCUT2D eigenvalue weighted by Gasteiger charge is -2.20. The van der Waals surface area contributed by atoms with Gasteiger partial charge in [-0.25, -0.2) is 19.2 Å². The summed E-state index contributed by atoms with van der Waals surface area (Å²) in [4.78, 5) is 47.2. The second kappa shape index (κ2) is 18.5. The minimum absolute atomic E-state index is 0.0126. The van der Waals surface area contributed by atoms with Crippen LogP contribution in [0.4, 0.5) is 9.59 Å². The minimum atomic E-state index is -0.675. The topological polar surface area (TPSA) is 148 Å². The summed E-state index contributed by atoms with van der Waals surface area (Å²) in [6.07, 6.45) is -1.35. The van der Waals surface area contributed by atoms with Crippen LogP contribution in [0.5, 0.6) is 11.5 Å². The summed E-state index contributed by atoms with van der Waals surface area (Å²) in [6, 6.07) is 23.4. The van der Waals surface area contributed by atoms with Crippen molar-refractivity contribution in [1.82, 2.24) is 10.6 Å². The van der Waals surface area contributed by atoms with Crippen molar-refractivity contribution in [2.75, 3.05) is 52.7 Å². The van der Waals surface area contributed by atoms with Crippen molar-refractivity contribution in [3.63, 3.8) is 0 Å². The first-order valence-corrected chi connectivity index (χ1v) is 15.9. The fourth-order valence-electron chi connectivity index (χ4n) is 4.77. The van der Waals surface area contributed by atoms with Gasteiger partial charge < -0.3 is 39.1 Å². The summed E-state index contributed by atoms with van der Waals surface area (Å²) in [5.74, 6) is 0.0209. The molecule has 0 saturated heterocycles. The number of carbonyl (C=O) groups is 4. The molecule has 0 aliphatic carbocycles. The molecule has 2 N–H and O–H groups in total. The van der Waals surface area contributed by atoms with Crippen LogP contribution in [0, 0.1) is 0 Å². The van der Waals surface area contributed by atoms with E-state index in [0.717, 1.165) is 32.7 Å². The number of rotatable bonds is 17. The Labute approximate surface area is 289 Å². The van der Waals surface area contributed by atoms with E-state index >= 15 is 0 Å². The number of hydrogen-bond acceptors (Lipinski definition) is 10. The van der Waals surface area contributed by atoms with E-state index in [-0.39, 0.29) is 63.9 Å². The summed E-state index contributed by atoms with van der Waals surface area (Å²) in [7, 11) is 0. The van der Waals surface area contributed by atoms with Gasteiger partial charge in [0.05, 0.1) is 13.1 Å². The second-order valence-corrected chi connectivity index (χ2v) is 11.0. The SMILES string of the molecule is C=C(C)C(=O)OCCNC(=O)OCCOc1ccc2ccccc2c1-c1c(OCCOC(=O)NCCOC(=O)C(=C)C)ccc2ccccc12. The number of hydrogen-bond donors (Lipinski definition) is 2. The molecular formula is C38H40N2O10. The number of esters is 2. The van der Waals surface area contributed by atoms with E-state index in [1.54, 1.807) is 0 Å². The molecule has 50 heavy (non-hydrogen) atoms. The lowest BCUT2D eigenvalue weighted by molar-refractivity contribution is -0.139. The number of fused-ring (bicyclic) bond motifs is 2. The van der Waals surface area contributed by atoms with Crippen LogP contribution >= 0.6 is 0 Å². The molecule has 4 aromatic carbocycles. The third-order valence-electron chi connectivity index (χ3n) is 7.09. The molecule has 0 heterocycles. The van der Waals surface area contributed by atoms with E-state index in [4.69, 9.17) is 28.4 Å². The predicted molar refractivity (Wildman–Crippen MR) is 188 cm³/mol. The largest absolute Gasteiger partial charge is 0.489 e. The van der Waals surface area contributed by atoms with Gasteiger partial charge in [-0.2, -0.15) is 0 Å². The van der Waals surface area contributed by atoms with E-state index in [1.807, 2.05) is 72.8 Å². The molecule has 12 nitrogen and oxygen atoms in total. The van der Waals surface area contributed by atoms with Gasteiger partial charge in [0.2, 0.25) is 0 Å². The molecule has 0 atom stereocenters. The Morgan fingerprint density at radius 1 is 0.520 bits per heavy atom.